The van der Waals surface area contributed by atoms with Gasteiger partial charge in [0.15, 0.2) is 5.65 Å². The molecule has 0 amide bonds. The van der Waals surface area contributed by atoms with Crippen LogP contribution < -0.4 is 5.32 Å². The SMILES string of the molecule is C1=C(c2cnc3n[nH]c(-c4cc5c(-c6ccccn6)ccnc5[nH]4)c3c2)CCNC1. The Labute approximate surface area is 172 Å². The molecule has 30 heavy (non-hydrogen) atoms. The number of hydrogen-bond acceptors (Lipinski definition) is 5. The Morgan fingerprint density at radius 2 is 1.93 bits per heavy atom. The third-order valence-electron chi connectivity index (χ3n) is 5.59. The Morgan fingerprint density at radius 1 is 0.933 bits per heavy atom. The molecule has 0 atom stereocenters. The lowest BCUT2D eigenvalue weighted by Gasteiger charge is -2.13. The number of hydrogen-bond donors (Lipinski definition) is 3. The van der Waals surface area contributed by atoms with Crippen molar-refractivity contribution in [3.05, 3.63) is 66.6 Å². The van der Waals surface area contributed by atoms with E-state index in [1.807, 2.05) is 30.5 Å². The zero-order chi connectivity index (χ0) is 19.9. The van der Waals surface area contributed by atoms with Gasteiger partial charge >= 0.3 is 0 Å². The molecule has 1 aliphatic heterocycles. The van der Waals surface area contributed by atoms with Crippen molar-refractivity contribution < 1.29 is 0 Å². The molecule has 6 heterocycles. The monoisotopic (exact) mass is 393 g/mol. The van der Waals surface area contributed by atoms with E-state index in [0.29, 0.717) is 5.65 Å². The van der Waals surface area contributed by atoms with Gasteiger partial charge in [0.25, 0.3) is 0 Å². The van der Waals surface area contributed by atoms with Gasteiger partial charge in [0.1, 0.15) is 5.65 Å². The second kappa shape index (κ2) is 6.89. The summed E-state index contributed by atoms with van der Waals surface area (Å²) in [5, 5.41) is 13.0. The Bertz CT molecular complexity index is 1400. The molecule has 0 spiro atoms. The summed E-state index contributed by atoms with van der Waals surface area (Å²) in [5.74, 6) is 0. The molecule has 1 aliphatic rings. The van der Waals surface area contributed by atoms with E-state index in [9.17, 15) is 0 Å². The quantitative estimate of drug-likeness (QED) is 0.432. The molecule has 7 heteroatoms. The lowest BCUT2D eigenvalue weighted by atomic mass is 10.0. The van der Waals surface area contributed by atoms with Crippen molar-refractivity contribution in [2.45, 2.75) is 6.42 Å². The summed E-state index contributed by atoms with van der Waals surface area (Å²) in [6.07, 6.45) is 8.76. The first-order valence-corrected chi connectivity index (χ1v) is 10.0. The fourth-order valence-electron chi connectivity index (χ4n) is 4.07. The Morgan fingerprint density at radius 3 is 2.80 bits per heavy atom. The van der Waals surface area contributed by atoms with Crippen LogP contribution in [0, 0.1) is 0 Å². The van der Waals surface area contributed by atoms with Gasteiger partial charge in [-0.05, 0) is 54.4 Å². The molecule has 0 fully saturated rings. The average molecular weight is 393 g/mol. The van der Waals surface area contributed by atoms with E-state index >= 15 is 0 Å². The van der Waals surface area contributed by atoms with Crippen LogP contribution in [0.5, 0.6) is 0 Å². The van der Waals surface area contributed by atoms with Crippen LogP contribution in [-0.2, 0) is 0 Å². The molecule has 3 N–H and O–H groups in total. The molecule has 0 unspecified atom stereocenters. The van der Waals surface area contributed by atoms with Gasteiger partial charge in [0.05, 0.1) is 17.1 Å². The summed E-state index contributed by atoms with van der Waals surface area (Å²) in [6.45, 7) is 1.89. The third-order valence-corrected chi connectivity index (χ3v) is 5.59. The van der Waals surface area contributed by atoms with E-state index < -0.39 is 0 Å². The molecule has 5 aromatic heterocycles. The van der Waals surface area contributed by atoms with E-state index in [0.717, 1.165) is 64.1 Å². The molecule has 6 rings (SSSR count). The van der Waals surface area contributed by atoms with E-state index in [1.54, 1.807) is 12.4 Å². The normalized spacial score (nSPS) is 14.3. The molecule has 146 valence electrons. The molecule has 0 saturated carbocycles. The highest BCUT2D eigenvalue weighted by Crippen LogP contribution is 2.33. The number of fused-ring (bicyclic) bond motifs is 2. The first-order valence-electron chi connectivity index (χ1n) is 10.0. The van der Waals surface area contributed by atoms with E-state index in [4.69, 9.17) is 0 Å². The second-order valence-electron chi connectivity index (χ2n) is 7.40. The van der Waals surface area contributed by atoms with Crippen LogP contribution in [0.4, 0.5) is 0 Å². The number of rotatable bonds is 3. The van der Waals surface area contributed by atoms with Crippen molar-refractivity contribution in [1.29, 1.82) is 0 Å². The standard InChI is InChI=1S/C23H19N7/c1-2-7-25-19(3-1)16-6-10-26-22-17(16)12-20(28-22)21-18-11-15(13-27-23(18)30-29-21)14-4-8-24-9-5-14/h1-4,6-7,10-13,24H,5,8-9H2,(H,26,28)(H,27,29,30). The molecule has 7 nitrogen and oxygen atoms in total. The number of aromatic amines is 2. The van der Waals surface area contributed by atoms with Gasteiger partial charge in [-0.3, -0.25) is 10.1 Å². The molecule has 0 aliphatic carbocycles. The highest BCUT2D eigenvalue weighted by atomic mass is 15.2. The van der Waals surface area contributed by atoms with Crippen molar-refractivity contribution in [3.8, 4) is 22.6 Å². The predicted molar refractivity (Wildman–Crippen MR) is 118 cm³/mol. The fourth-order valence-corrected chi connectivity index (χ4v) is 4.07. The van der Waals surface area contributed by atoms with Crippen molar-refractivity contribution in [2.24, 2.45) is 0 Å². The zero-order valence-electron chi connectivity index (χ0n) is 16.2. The molecular formula is C23H19N7. The third kappa shape index (κ3) is 2.79. The average Bonchev–Trinajstić information content (AvgIpc) is 3.43. The van der Waals surface area contributed by atoms with E-state index in [-0.39, 0.29) is 0 Å². The smallest absolute Gasteiger partial charge is 0.181 e. The molecule has 0 radical (unpaired) electrons. The van der Waals surface area contributed by atoms with Gasteiger partial charge in [-0.25, -0.2) is 9.97 Å². The van der Waals surface area contributed by atoms with Gasteiger partial charge < -0.3 is 10.3 Å². The van der Waals surface area contributed by atoms with Crippen LogP contribution in [0.1, 0.15) is 12.0 Å². The summed E-state index contributed by atoms with van der Waals surface area (Å²) in [4.78, 5) is 17.0. The summed E-state index contributed by atoms with van der Waals surface area (Å²) in [7, 11) is 0. The summed E-state index contributed by atoms with van der Waals surface area (Å²) in [6, 6.07) is 12.2. The molecular weight excluding hydrogens is 374 g/mol. The second-order valence-corrected chi connectivity index (χ2v) is 7.40. The van der Waals surface area contributed by atoms with Crippen LogP contribution in [0.2, 0.25) is 0 Å². The van der Waals surface area contributed by atoms with Gasteiger partial charge in [-0.1, -0.05) is 12.1 Å². The molecule has 0 saturated heterocycles. The first-order chi connectivity index (χ1) is 14.9. The van der Waals surface area contributed by atoms with Crippen LogP contribution in [-0.4, -0.2) is 43.2 Å². The van der Waals surface area contributed by atoms with Crippen molar-refractivity contribution in [2.75, 3.05) is 13.1 Å². The minimum Gasteiger partial charge on any atom is -0.338 e. The minimum absolute atomic E-state index is 0.708. The lowest BCUT2D eigenvalue weighted by Crippen LogP contribution is -2.20. The largest absolute Gasteiger partial charge is 0.338 e. The molecule has 5 aromatic rings. The highest BCUT2D eigenvalue weighted by molar-refractivity contribution is 5.99. The number of nitrogens with zero attached hydrogens (tertiary/aromatic N) is 4. The van der Waals surface area contributed by atoms with Crippen LogP contribution in [0.25, 0.3) is 50.3 Å². The Kier molecular flexibility index (Phi) is 3.92. The van der Waals surface area contributed by atoms with Gasteiger partial charge in [-0.2, -0.15) is 5.10 Å². The number of pyridine rings is 3. The van der Waals surface area contributed by atoms with Crippen LogP contribution >= 0.6 is 0 Å². The minimum atomic E-state index is 0.708. The summed E-state index contributed by atoms with van der Waals surface area (Å²) in [5.41, 5.74) is 7.82. The van der Waals surface area contributed by atoms with Crippen molar-refractivity contribution >= 4 is 27.6 Å². The van der Waals surface area contributed by atoms with Crippen molar-refractivity contribution in [3.63, 3.8) is 0 Å². The Hall–Kier alpha value is -3.84. The van der Waals surface area contributed by atoms with Crippen LogP contribution in [0.15, 0.2) is 61.1 Å². The van der Waals surface area contributed by atoms with Crippen LogP contribution in [0.3, 0.4) is 0 Å². The maximum atomic E-state index is 4.58. The number of nitrogens with one attached hydrogen (secondary N) is 3. The molecule has 0 bridgehead atoms. The van der Waals surface area contributed by atoms with E-state index in [1.165, 1.54) is 5.57 Å². The number of H-pyrrole nitrogens is 2. The predicted octanol–water partition coefficient (Wildman–Crippen LogP) is 3.94. The molecule has 0 aromatic carbocycles. The van der Waals surface area contributed by atoms with E-state index in [2.05, 4.69) is 53.7 Å². The van der Waals surface area contributed by atoms with Gasteiger partial charge in [-0.15, -0.1) is 0 Å². The summed E-state index contributed by atoms with van der Waals surface area (Å²) >= 11 is 0. The lowest BCUT2D eigenvalue weighted by molar-refractivity contribution is 0.738. The maximum absolute atomic E-state index is 4.58. The van der Waals surface area contributed by atoms with Crippen molar-refractivity contribution in [1.82, 2.24) is 35.5 Å². The maximum Gasteiger partial charge on any atom is 0.181 e. The highest BCUT2D eigenvalue weighted by Gasteiger charge is 2.16. The zero-order valence-corrected chi connectivity index (χ0v) is 16.2. The summed E-state index contributed by atoms with van der Waals surface area (Å²) < 4.78 is 0. The first kappa shape index (κ1) is 17.1. The topological polar surface area (TPSA) is 95.2 Å². The Balaban J connectivity index is 1.50. The van der Waals surface area contributed by atoms with Gasteiger partial charge in [0, 0.05) is 41.5 Å². The van der Waals surface area contributed by atoms with Gasteiger partial charge in [0.2, 0.25) is 0 Å². The fraction of sp³-hybridized carbons (Fsp3) is 0.130. The number of aromatic nitrogens is 6.